The molecule has 2 atom stereocenters. The van der Waals surface area contributed by atoms with Crippen LogP contribution in [0, 0.1) is 18.3 Å². The summed E-state index contributed by atoms with van der Waals surface area (Å²) in [6.07, 6.45) is -3.83. The molecule has 2 N–H and O–H groups in total. The summed E-state index contributed by atoms with van der Waals surface area (Å²) in [5.41, 5.74) is 2.86. The molecular weight excluding hydrogens is 443 g/mol. The standard InChI is InChI=1S/C22H24F3N3O.O2S/c1-3-4-19(21(29)27-14-13-26)28-20(22(23,24)25)18-11-9-17(10-12-18)16-7-5-15(2)6-8-16;1-3-2/h5-12,19-20,28H,3-4,14H2,1-2H3,(H,27,29);/t19-,20+;/m0./s1. The van der Waals surface area contributed by atoms with Gasteiger partial charge in [0, 0.05) is 0 Å². The van der Waals surface area contributed by atoms with Crippen LogP contribution in [-0.2, 0) is 16.4 Å². The summed E-state index contributed by atoms with van der Waals surface area (Å²) in [5, 5.41) is 13.4. The third-order valence-corrected chi connectivity index (χ3v) is 4.56. The molecule has 0 aliphatic heterocycles. The van der Waals surface area contributed by atoms with Crippen molar-refractivity contribution in [3.63, 3.8) is 0 Å². The predicted octanol–water partition coefficient (Wildman–Crippen LogP) is 3.99. The molecule has 2 aromatic carbocycles. The summed E-state index contributed by atoms with van der Waals surface area (Å²) in [6.45, 7) is 3.50. The monoisotopic (exact) mass is 467 g/mol. The van der Waals surface area contributed by atoms with Crippen LogP contribution in [0.2, 0.25) is 0 Å². The van der Waals surface area contributed by atoms with E-state index in [4.69, 9.17) is 13.7 Å². The molecule has 32 heavy (non-hydrogen) atoms. The van der Waals surface area contributed by atoms with E-state index in [9.17, 15) is 18.0 Å². The molecule has 0 aliphatic rings. The molecular formula is C22H24F3N3O3S. The highest BCUT2D eigenvalue weighted by Gasteiger charge is 2.42. The smallest absolute Gasteiger partial charge is 0.342 e. The van der Waals surface area contributed by atoms with Crippen molar-refractivity contribution in [1.29, 1.82) is 5.26 Å². The lowest BCUT2D eigenvalue weighted by molar-refractivity contribution is -0.161. The van der Waals surface area contributed by atoms with Crippen molar-refractivity contribution in [2.75, 3.05) is 6.54 Å². The molecule has 0 radical (unpaired) electrons. The van der Waals surface area contributed by atoms with Gasteiger partial charge in [0.2, 0.25) is 5.91 Å². The van der Waals surface area contributed by atoms with Crippen LogP contribution < -0.4 is 10.6 Å². The Kier molecular flexibility index (Phi) is 11.3. The van der Waals surface area contributed by atoms with E-state index in [0.29, 0.717) is 6.42 Å². The first-order chi connectivity index (χ1) is 15.2. The predicted molar refractivity (Wildman–Crippen MR) is 115 cm³/mol. The summed E-state index contributed by atoms with van der Waals surface area (Å²) in [4.78, 5) is 12.2. The van der Waals surface area contributed by atoms with Crippen LogP contribution in [0.1, 0.15) is 36.9 Å². The molecule has 0 bridgehead atoms. The number of aryl methyl sites for hydroxylation is 1. The second kappa shape index (κ2) is 13.4. The third kappa shape index (κ3) is 8.61. The normalized spacial score (nSPS) is 12.5. The van der Waals surface area contributed by atoms with E-state index in [1.165, 1.54) is 12.1 Å². The van der Waals surface area contributed by atoms with Crippen molar-refractivity contribution in [1.82, 2.24) is 10.6 Å². The Bertz CT molecular complexity index is 936. The van der Waals surface area contributed by atoms with Gasteiger partial charge in [-0.2, -0.15) is 26.9 Å². The number of carbonyl (C=O) groups excluding carboxylic acids is 1. The zero-order valence-corrected chi connectivity index (χ0v) is 18.4. The number of amides is 1. The number of nitrogens with one attached hydrogen (secondary N) is 2. The van der Waals surface area contributed by atoms with Gasteiger partial charge in [0.15, 0.2) is 0 Å². The van der Waals surface area contributed by atoms with E-state index < -0.39 is 35.7 Å². The topological polar surface area (TPSA) is 99.1 Å². The maximum atomic E-state index is 13.7. The van der Waals surface area contributed by atoms with Gasteiger partial charge in [0.05, 0.1) is 12.1 Å². The van der Waals surface area contributed by atoms with Gasteiger partial charge < -0.3 is 5.32 Å². The number of carbonyl (C=O) groups is 1. The molecule has 0 unspecified atom stereocenters. The third-order valence-electron chi connectivity index (χ3n) is 4.56. The Morgan fingerprint density at radius 2 is 1.56 bits per heavy atom. The molecule has 0 aromatic heterocycles. The number of hydrogen-bond acceptors (Lipinski definition) is 5. The number of rotatable bonds is 8. The van der Waals surface area contributed by atoms with Crippen LogP contribution in [0.25, 0.3) is 11.1 Å². The van der Waals surface area contributed by atoms with Gasteiger partial charge >= 0.3 is 17.7 Å². The van der Waals surface area contributed by atoms with Crippen molar-refractivity contribution >= 4 is 17.5 Å². The van der Waals surface area contributed by atoms with Crippen LogP contribution in [-0.4, -0.2) is 33.1 Å². The fraction of sp³-hybridized carbons (Fsp3) is 0.364. The van der Waals surface area contributed by atoms with Crippen molar-refractivity contribution in [3.05, 3.63) is 59.7 Å². The van der Waals surface area contributed by atoms with Crippen LogP contribution in [0.5, 0.6) is 0 Å². The molecule has 0 spiro atoms. The van der Waals surface area contributed by atoms with Gasteiger partial charge in [-0.3, -0.25) is 10.1 Å². The van der Waals surface area contributed by atoms with Gasteiger partial charge in [-0.05, 0) is 30.0 Å². The number of hydrogen-bond donors (Lipinski definition) is 2. The van der Waals surface area contributed by atoms with E-state index in [-0.39, 0.29) is 18.5 Å². The molecule has 0 fully saturated rings. The van der Waals surface area contributed by atoms with Gasteiger partial charge in [-0.15, -0.1) is 0 Å². The van der Waals surface area contributed by atoms with Crippen molar-refractivity contribution in [3.8, 4) is 17.2 Å². The summed E-state index contributed by atoms with van der Waals surface area (Å²) < 4.78 is 57.8. The highest BCUT2D eigenvalue weighted by molar-refractivity contribution is 7.51. The second-order valence-corrected chi connectivity index (χ2v) is 7.05. The van der Waals surface area contributed by atoms with E-state index in [2.05, 4.69) is 10.6 Å². The van der Waals surface area contributed by atoms with Gasteiger partial charge in [0.1, 0.15) is 12.6 Å². The zero-order valence-electron chi connectivity index (χ0n) is 17.6. The van der Waals surface area contributed by atoms with E-state index in [0.717, 1.165) is 16.7 Å². The maximum Gasteiger partial charge on any atom is 0.407 e. The Morgan fingerprint density at radius 3 is 2.00 bits per heavy atom. The molecule has 0 heterocycles. The van der Waals surface area contributed by atoms with E-state index in [1.807, 2.05) is 31.2 Å². The molecule has 10 heteroatoms. The summed E-state index contributed by atoms with van der Waals surface area (Å²) in [7, 11) is 0. The summed E-state index contributed by atoms with van der Waals surface area (Å²) in [6, 6.07) is 12.6. The Balaban J connectivity index is 0.00000161. The average molecular weight is 468 g/mol. The second-order valence-electron chi connectivity index (χ2n) is 6.91. The molecule has 2 aromatic rings. The number of alkyl halides is 3. The van der Waals surface area contributed by atoms with Crippen LogP contribution >= 0.6 is 0 Å². The molecule has 6 nitrogen and oxygen atoms in total. The fourth-order valence-electron chi connectivity index (χ4n) is 3.02. The minimum absolute atomic E-state index is 0.0301. The quantitative estimate of drug-likeness (QED) is 0.572. The van der Waals surface area contributed by atoms with E-state index >= 15 is 0 Å². The van der Waals surface area contributed by atoms with Crippen LogP contribution in [0.3, 0.4) is 0 Å². The fourth-order valence-corrected chi connectivity index (χ4v) is 3.02. The lowest BCUT2D eigenvalue weighted by Crippen LogP contribution is -2.49. The van der Waals surface area contributed by atoms with Gasteiger partial charge in [-0.25, -0.2) is 0 Å². The summed E-state index contributed by atoms with van der Waals surface area (Å²) in [5.74, 6) is -0.612. The molecule has 0 saturated heterocycles. The van der Waals surface area contributed by atoms with Crippen LogP contribution in [0.4, 0.5) is 13.2 Å². The first-order valence-corrected chi connectivity index (χ1v) is 10.4. The van der Waals surface area contributed by atoms with Crippen molar-refractivity contribution < 1.29 is 26.4 Å². The minimum atomic E-state index is -4.58. The molecule has 0 saturated carbocycles. The number of benzene rings is 2. The molecule has 2 rings (SSSR count). The van der Waals surface area contributed by atoms with Crippen molar-refractivity contribution in [2.45, 2.75) is 44.9 Å². The average Bonchev–Trinajstić information content (AvgIpc) is 2.75. The summed E-state index contributed by atoms with van der Waals surface area (Å²) >= 11 is -0.750. The van der Waals surface area contributed by atoms with Gasteiger partial charge in [-0.1, -0.05) is 67.4 Å². The Morgan fingerprint density at radius 1 is 1.06 bits per heavy atom. The maximum absolute atomic E-state index is 13.7. The Labute approximate surface area is 188 Å². The van der Waals surface area contributed by atoms with Gasteiger partial charge in [0.25, 0.3) is 0 Å². The first kappa shape index (κ1) is 27.0. The lowest BCUT2D eigenvalue weighted by Gasteiger charge is -2.27. The first-order valence-electron chi connectivity index (χ1n) is 9.74. The molecule has 172 valence electrons. The highest BCUT2D eigenvalue weighted by Crippen LogP contribution is 2.34. The van der Waals surface area contributed by atoms with E-state index in [1.54, 1.807) is 25.1 Å². The molecule has 1 amide bonds. The van der Waals surface area contributed by atoms with Crippen molar-refractivity contribution in [2.24, 2.45) is 0 Å². The number of halogens is 3. The van der Waals surface area contributed by atoms with Crippen LogP contribution in [0.15, 0.2) is 48.5 Å². The lowest BCUT2D eigenvalue weighted by atomic mass is 9.98. The Hall–Kier alpha value is -3.03. The largest absolute Gasteiger partial charge is 0.407 e. The molecule has 0 aliphatic carbocycles. The SMILES string of the molecule is CCC[C@H](N[C@H](c1ccc(-c2ccc(C)cc2)cc1)C(F)(F)F)C(=O)NCC#N.O=S=O. The number of nitrogens with zero attached hydrogens (tertiary/aromatic N) is 1. The minimum Gasteiger partial charge on any atom is -0.342 e. The zero-order chi connectivity index (χ0) is 24.1. The highest BCUT2D eigenvalue weighted by atomic mass is 32.1. The number of nitriles is 1.